The van der Waals surface area contributed by atoms with Crippen molar-refractivity contribution in [2.24, 2.45) is 21.5 Å². The molecule has 2 bridgehead atoms. The predicted molar refractivity (Wildman–Crippen MR) is 70.7 cm³/mol. The van der Waals surface area contributed by atoms with Crippen molar-refractivity contribution >= 4 is 12.6 Å². The molecule has 0 aliphatic heterocycles. The van der Waals surface area contributed by atoms with Crippen molar-refractivity contribution in [2.45, 2.75) is 30.3 Å². The summed E-state index contributed by atoms with van der Waals surface area (Å²) < 4.78 is 0. The summed E-state index contributed by atoms with van der Waals surface area (Å²) in [5.74, 6) is 0.249. The first-order valence-electron chi connectivity index (χ1n) is 5.59. The molecule has 5 heteroatoms. The molecular formula is C12H19N5. The molecule has 0 aromatic heterocycles. The molecule has 0 radical (unpaired) electrons. The maximum Gasteiger partial charge on any atom is 0.116 e. The van der Waals surface area contributed by atoms with Crippen molar-refractivity contribution in [3.05, 3.63) is 24.7 Å². The molecule has 5 nitrogen and oxygen atoms in total. The summed E-state index contributed by atoms with van der Waals surface area (Å²) >= 11 is 0. The van der Waals surface area contributed by atoms with Gasteiger partial charge in [0.05, 0.1) is 18.3 Å². The highest BCUT2D eigenvalue weighted by molar-refractivity contribution is 5.80. The average Bonchev–Trinajstić information content (AvgIpc) is 2.16. The predicted octanol–water partition coefficient (Wildman–Crippen LogP) is 0.595. The van der Waals surface area contributed by atoms with E-state index in [4.69, 9.17) is 11.5 Å². The molecule has 3 fully saturated rings. The number of nitrogens with zero attached hydrogens (tertiary/aromatic N) is 3. The Balaban J connectivity index is 1.85. The second-order valence-electron chi connectivity index (χ2n) is 5.21. The van der Waals surface area contributed by atoms with Gasteiger partial charge in [0.25, 0.3) is 0 Å². The largest absolute Gasteiger partial charge is 0.384 e. The summed E-state index contributed by atoms with van der Waals surface area (Å²) in [4.78, 5) is 10.2. The van der Waals surface area contributed by atoms with Crippen LogP contribution in [0.3, 0.4) is 0 Å². The Hall–Kier alpha value is -1.62. The normalized spacial score (nSPS) is 34.5. The highest BCUT2D eigenvalue weighted by atomic mass is 15.3. The van der Waals surface area contributed by atoms with Gasteiger partial charge in [-0.25, -0.2) is 9.98 Å². The quantitative estimate of drug-likeness (QED) is 0.539. The molecule has 0 heterocycles. The molecule has 3 saturated carbocycles. The summed E-state index contributed by atoms with van der Waals surface area (Å²) in [6, 6.07) is 0. The summed E-state index contributed by atoms with van der Waals surface area (Å²) in [5, 5.41) is 0. The fourth-order valence-corrected chi connectivity index (χ4v) is 2.66. The lowest BCUT2D eigenvalue weighted by Crippen LogP contribution is -2.81. The lowest BCUT2D eigenvalue weighted by Gasteiger charge is -2.71. The Bertz CT molecular complexity index is 401. The molecule has 0 spiro atoms. The van der Waals surface area contributed by atoms with Crippen LogP contribution in [0.4, 0.5) is 0 Å². The monoisotopic (exact) mass is 233 g/mol. The fourth-order valence-electron chi connectivity index (χ4n) is 2.66. The molecule has 0 saturated heterocycles. The molecule has 0 aromatic carbocycles. The molecule has 92 valence electrons. The number of nitrogens with two attached hydrogens (primary N) is 2. The van der Waals surface area contributed by atoms with Crippen molar-refractivity contribution < 1.29 is 0 Å². The van der Waals surface area contributed by atoms with Crippen LogP contribution < -0.4 is 11.5 Å². The van der Waals surface area contributed by atoms with E-state index in [1.54, 1.807) is 6.34 Å². The van der Waals surface area contributed by atoms with Gasteiger partial charge in [0.1, 0.15) is 5.82 Å². The van der Waals surface area contributed by atoms with E-state index in [1.807, 2.05) is 7.05 Å². The molecule has 4 N–H and O–H groups in total. The first-order chi connectivity index (χ1) is 7.85. The van der Waals surface area contributed by atoms with E-state index in [9.17, 15) is 0 Å². The van der Waals surface area contributed by atoms with E-state index < -0.39 is 0 Å². The Labute approximate surface area is 102 Å². The highest BCUT2D eigenvalue weighted by Gasteiger charge is 2.67. The molecular weight excluding hydrogens is 214 g/mol. The van der Waals surface area contributed by atoms with Crippen molar-refractivity contribution in [1.29, 1.82) is 0 Å². The topological polar surface area (TPSA) is 80.0 Å². The van der Waals surface area contributed by atoms with Crippen LogP contribution in [-0.4, -0.2) is 35.6 Å². The maximum absolute atomic E-state index is 6.01. The second kappa shape index (κ2) is 3.70. The molecule has 0 aromatic rings. The molecule has 3 aliphatic carbocycles. The third kappa shape index (κ3) is 2.10. The molecule has 17 heavy (non-hydrogen) atoms. The lowest BCUT2D eigenvalue weighted by atomic mass is 9.44. The Morgan fingerprint density at radius 3 is 2.35 bits per heavy atom. The smallest absolute Gasteiger partial charge is 0.116 e. The first kappa shape index (κ1) is 11.9. The molecule has 0 unspecified atom stereocenters. The van der Waals surface area contributed by atoms with Gasteiger partial charge in [0, 0.05) is 18.1 Å². The highest BCUT2D eigenvalue weighted by Crippen LogP contribution is 2.61. The number of hydrogen-bond acceptors (Lipinski definition) is 4. The minimum atomic E-state index is 0.109. The van der Waals surface area contributed by atoms with Crippen LogP contribution >= 0.6 is 0 Å². The molecule has 3 aliphatic rings. The third-order valence-corrected chi connectivity index (χ3v) is 3.57. The molecule has 0 amide bonds. The van der Waals surface area contributed by atoms with E-state index in [0.29, 0.717) is 5.70 Å². The minimum Gasteiger partial charge on any atom is -0.384 e. The zero-order valence-electron chi connectivity index (χ0n) is 10.2. The summed E-state index contributed by atoms with van der Waals surface area (Å²) in [7, 11) is 2.02. The van der Waals surface area contributed by atoms with Crippen LogP contribution in [-0.2, 0) is 0 Å². The zero-order chi connectivity index (χ0) is 12.7. The van der Waals surface area contributed by atoms with E-state index in [-0.39, 0.29) is 16.9 Å². The average molecular weight is 233 g/mol. The van der Waals surface area contributed by atoms with Gasteiger partial charge in [0.15, 0.2) is 0 Å². The van der Waals surface area contributed by atoms with Gasteiger partial charge in [-0.05, 0) is 19.3 Å². The standard InChI is InChI=1S/C12H19N5/c1-9(4-15-10(2)13)16-8-17(3)12-5-11(14,6-12)7-12/h4,8H,1-2,5-7,13-14H2,3H3/b15-4-,16-8-. The SMILES string of the molecule is C=C(N)/N=C\C(=C)/N=C\N(C)C12CC(N)(C1)C2. The van der Waals surface area contributed by atoms with Gasteiger partial charge in [0.2, 0.25) is 0 Å². The second-order valence-corrected chi connectivity index (χ2v) is 5.21. The van der Waals surface area contributed by atoms with Crippen LogP contribution in [0.25, 0.3) is 0 Å². The van der Waals surface area contributed by atoms with Crippen molar-refractivity contribution in [2.75, 3.05) is 7.05 Å². The number of allylic oxidation sites excluding steroid dienone is 1. The van der Waals surface area contributed by atoms with Crippen LogP contribution in [0, 0.1) is 0 Å². The van der Waals surface area contributed by atoms with Gasteiger partial charge in [-0.2, -0.15) is 0 Å². The van der Waals surface area contributed by atoms with Crippen LogP contribution in [0.15, 0.2) is 34.7 Å². The summed E-state index contributed by atoms with van der Waals surface area (Å²) in [6.07, 6.45) is 6.46. The minimum absolute atomic E-state index is 0.109. The van der Waals surface area contributed by atoms with Crippen molar-refractivity contribution in [1.82, 2.24) is 4.90 Å². The van der Waals surface area contributed by atoms with E-state index in [2.05, 4.69) is 28.0 Å². The Morgan fingerprint density at radius 1 is 1.29 bits per heavy atom. The van der Waals surface area contributed by atoms with Crippen LogP contribution in [0.2, 0.25) is 0 Å². The van der Waals surface area contributed by atoms with Gasteiger partial charge < -0.3 is 16.4 Å². The van der Waals surface area contributed by atoms with Gasteiger partial charge in [-0.15, -0.1) is 0 Å². The van der Waals surface area contributed by atoms with Gasteiger partial charge in [-0.1, -0.05) is 13.2 Å². The summed E-state index contributed by atoms with van der Waals surface area (Å²) in [5.41, 5.74) is 12.2. The van der Waals surface area contributed by atoms with Crippen molar-refractivity contribution in [3.8, 4) is 0 Å². The van der Waals surface area contributed by atoms with E-state index >= 15 is 0 Å². The summed E-state index contributed by atoms with van der Waals surface area (Å²) in [6.45, 7) is 7.22. The van der Waals surface area contributed by atoms with Crippen LogP contribution in [0.1, 0.15) is 19.3 Å². The number of aliphatic imine (C=N–C) groups is 2. The van der Waals surface area contributed by atoms with E-state index in [1.165, 1.54) is 6.21 Å². The fraction of sp³-hybridized carbons (Fsp3) is 0.500. The van der Waals surface area contributed by atoms with Crippen molar-refractivity contribution in [3.63, 3.8) is 0 Å². The third-order valence-electron chi connectivity index (χ3n) is 3.57. The van der Waals surface area contributed by atoms with E-state index in [0.717, 1.165) is 19.3 Å². The lowest BCUT2D eigenvalue weighted by molar-refractivity contribution is -0.123. The van der Waals surface area contributed by atoms with Gasteiger partial charge >= 0.3 is 0 Å². The Morgan fingerprint density at radius 2 is 1.88 bits per heavy atom. The zero-order valence-corrected chi connectivity index (χ0v) is 10.2. The maximum atomic E-state index is 6.01. The van der Waals surface area contributed by atoms with Gasteiger partial charge in [-0.3, -0.25) is 0 Å². The Kier molecular flexibility index (Phi) is 2.58. The number of rotatable bonds is 5. The van der Waals surface area contributed by atoms with Crippen LogP contribution in [0.5, 0.6) is 0 Å². The number of hydrogen-bond donors (Lipinski definition) is 2. The molecule has 0 atom stereocenters. The first-order valence-corrected chi connectivity index (χ1v) is 5.59. The molecule has 3 rings (SSSR count).